The third-order valence-electron chi connectivity index (χ3n) is 2.63. The number of nitrogens with zero attached hydrogens (tertiary/aromatic N) is 3. The predicted octanol–water partition coefficient (Wildman–Crippen LogP) is 0.636. The fourth-order valence-electron chi connectivity index (χ4n) is 1.53. The van der Waals surface area contributed by atoms with Crippen LogP contribution < -0.4 is 10.5 Å². The van der Waals surface area contributed by atoms with Gasteiger partial charge in [-0.15, -0.1) is 0 Å². The highest BCUT2D eigenvalue weighted by Gasteiger charge is 2.17. The van der Waals surface area contributed by atoms with Crippen molar-refractivity contribution < 1.29 is 8.42 Å². The van der Waals surface area contributed by atoms with E-state index in [9.17, 15) is 8.42 Å². The van der Waals surface area contributed by atoms with Crippen molar-refractivity contribution in [1.29, 1.82) is 0 Å². The quantitative estimate of drug-likeness (QED) is 0.855. The van der Waals surface area contributed by atoms with E-state index in [1.165, 1.54) is 17.1 Å². The highest BCUT2D eigenvalue weighted by atomic mass is 32.2. The lowest BCUT2D eigenvalue weighted by Crippen LogP contribution is -2.17. The molecular formula is C11H15N5O2S. The maximum atomic E-state index is 12.2. The van der Waals surface area contributed by atoms with Crippen LogP contribution in [-0.2, 0) is 17.1 Å². The second kappa shape index (κ2) is 4.98. The molecular weight excluding hydrogens is 266 g/mol. The van der Waals surface area contributed by atoms with Crippen molar-refractivity contribution in [2.45, 2.75) is 17.9 Å². The molecule has 0 aliphatic heterocycles. The second-order valence-electron chi connectivity index (χ2n) is 4.17. The summed E-state index contributed by atoms with van der Waals surface area (Å²) in [7, 11) is -2.09. The van der Waals surface area contributed by atoms with Crippen LogP contribution in [0.25, 0.3) is 0 Å². The number of nitrogens with one attached hydrogen (secondary N) is 1. The molecule has 0 saturated carbocycles. The third-order valence-corrected chi connectivity index (χ3v) is 3.96. The van der Waals surface area contributed by atoms with Crippen LogP contribution in [0, 0.1) is 0 Å². The minimum Gasteiger partial charge on any atom is -0.324 e. The molecule has 1 aromatic carbocycles. The molecule has 8 heteroatoms. The van der Waals surface area contributed by atoms with Crippen molar-refractivity contribution in [1.82, 2.24) is 14.8 Å². The molecule has 0 aliphatic carbocycles. The lowest BCUT2D eigenvalue weighted by molar-refractivity contribution is 0.599. The normalized spacial score (nSPS) is 13.2. The predicted molar refractivity (Wildman–Crippen MR) is 70.9 cm³/mol. The first-order chi connectivity index (χ1) is 8.90. The average molecular weight is 281 g/mol. The largest absolute Gasteiger partial charge is 0.324 e. The van der Waals surface area contributed by atoms with E-state index in [4.69, 9.17) is 5.73 Å². The summed E-state index contributed by atoms with van der Waals surface area (Å²) in [5.74, 6) is 0.159. The molecule has 1 atom stereocenters. The van der Waals surface area contributed by atoms with Crippen LogP contribution in [0.3, 0.4) is 0 Å². The Kier molecular flexibility index (Phi) is 3.54. The van der Waals surface area contributed by atoms with Crippen LogP contribution in [0.5, 0.6) is 0 Å². The number of anilines is 1. The number of rotatable bonds is 4. The first kappa shape index (κ1) is 13.5. The van der Waals surface area contributed by atoms with Gasteiger partial charge in [0.25, 0.3) is 10.0 Å². The smallest absolute Gasteiger partial charge is 0.264 e. The minimum absolute atomic E-state index is 0.144. The summed E-state index contributed by atoms with van der Waals surface area (Å²) in [6.45, 7) is 1.79. The number of nitrogens with two attached hydrogens (primary N) is 1. The van der Waals surface area contributed by atoms with Crippen molar-refractivity contribution in [2.24, 2.45) is 12.8 Å². The van der Waals surface area contributed by atoms with Gasteiger partial charge in [0.1, 0.15) is 6.33 Å². The van der Waals surface area contributed by atoms with Gasteiger partial charge in [-0.05, 0) is 24.6 Å². The minimum atomic E-state index is -3.69. The van der Waals surface area contributed by atoms with Gasteiger partial charge in [-0.25, -0.2) is 17.8 Å². The first-order valence-electron chi connectivity index (χ1n) is 5.62. The Bertz CT molecular complexity index is 678. The summed E-state index contributed by atoms with van der Waals surface area (Å²) in [5, 5.41) is 3.80. The number of hydrogen-bond acceptors (Lipinski definition) is 5. The monoisotopic (exact) mass is 281 g/mol. The van der Waals surface area contributed by atoms with Crippen LogP contribution in [0.2, 0.25) is 0 Å². The van der Waals surface area contributed by atoms with E-state index in [2.05, 4.69) is 14.8 Å². The Morgan fingerprint density at radius 3 is 2.74 bits per heavy atom. The maximum Gasteiger partial charge on any atom is 0.264 e. The van der Waals surface area contributed by atoms with Gasteiger partial charge < -0.3 is 5.73 Å². The Labute approximate surface area is 111 Å². The highest BCUT2D eigenvalue weighted by molar-refractivity contribution is 7.92. The number of sulfonamides is 1. The zero-order chi connectivity index (χ0) is 14.0. The molecule has 1 aromatic heterocycles. The van der Waals surface area contributed by atoms with Gasteiger partial charge in [0.2, 0.25) is 5.95 Å². The molecule has 0 radical (unpaired) electrons. The van der Waals surface area contributed by atoms with E-state index in [-0.39, 0.29) is 16.9 Å². The van der Waals surface area contributed by atoms with Crippen LogP contribution in [0.1, 0.15) is 18.5 Å². The topological polar surface area (TPSA) is 103 Å². The summed E-state index contributed by atoms with van der Waals surface area (Å²) in [6.07, 6.45) is 1.27. The zero-order valence-electron chi connectivity index (χ0n) is 10.6. The molecule has 0 amide bonds. The number of hydrogen-bond donors (Lipinski definition) is 2. The Balaban J connectivity index is 2.35. The highest BCUT2D eigenvalue weighted by Crippen LogP contribution is 2.18. The summed E-state index contributed by atoms with van der Waals surface area (Å²) < 4.78 is 28.1. The number of benzene rings is 1. The maximum absolute atomic E-state index is 12.2. The molecule has 0 spiro atoms. The average Bonchev–Trinajstić information content (AvgIpc) is 2.74. The third kappa shape index (κ3) is 2.91. The molecule has 2 aromatic rings. The van der Waals surface area contributed by atoms with E-state index < -0.39 is 10.0 Å². The first-order valence-corrected chi connectivity index (χ1v) is 7.11. The van der Waals surface area contributed by atoms with E-state index in [0.29, 0.717) is 0 Å². The van der Waals surface area contributed by atoms with Gasteiger partial charge >= 0.3 is 0 Å². The van der Waals surface area contributed by atoms with Crippen molar-refractivity contribution in [2.75, 3.05) is 4.72 Å². The fraction of sp³-hybridized carbons (Fsp3) is 0.273. The summed E-state index contributed by atoms with van der Waals surface area (Å²) in [4.78, 5) is 3.96. The Hall–Kier alpha value is -1.93. The Morgan fingerprint density at radius 1 is 1.42 bits per heavy atom. The van der Waals surface area contributed by atoms with Gasteiger partial charge in [0, 0.05) is 13.1 Å². The molecule has 0 aliphatic rings. The van der Waals surface area contributed by atoms with Gasteiger partial charge in [-0.2, -0.15) is 10.1 Å². The van der Waals surface area contributed by atoms with Crippen LogP contribution >= 0.6 is 0 Å². The SMILES string of the molecule is CC(N)c1cccc(S(=O)(=O)Nc2ncnn2C)c1. The second-order valence-corrected chi connectivity index (χ2v) is 5.86. The van der Waals surface area contributed by atoms with Gasteiger partial charge in [0.05, 0.1) is 4.90 Å². The van der Waals surface area contributed by atoms with Crippen molar-refractivity contribution >= 4 is 16.0 Å². The van der Waals surface area contributed by atoms with Crippen LogP contribution in [0.4, 0.5) is 5.95 Å². The molecule has 7 nitrogen and oxygen atoms in total. The van der Waals surface area contributed by atoms with Crippen LogP contribution in [0.15, 0.2) is 35.5 Å². The molecule has 1 unspecified atom stereocenters. The lowest BCUT2D eigenvalue weighted by Gasteiger charge is -2.10. The molecule has 0 saturated heterocycles. The van der Waals surface area contributed by atoms with Crippen molar-refractivity contribution in [3.05, 3.63) is 36.2 Å². The molecule has 1 heterocycles. The molecule has 102 valence electrons. The fourth-order valence-corrected chi connectivity index (χ4v) is 2.62. The number of aryl methyl sites for hydroxylation is 1. The van der Waals surface area contributed by atoms with Gasteiger partial charge in [-0.1, -0.05) is 12.1 Å². The zero-order valence-corrected chi connectivity index (χ0v) is 11.4. The Morgan fingerprint density at radius 2 is 2.16 bits per heavy atom. The molecule has 2 rings (SSSR count). The molecule has 0 fully saturated rings. The molecule has 0 bridgehead atoms. The van der Waals surface area contributed by atoms with Crippen molar-refractivity contribution in [3.63, 3.8) is 0 Å². The molecule has 3 N–H and O–H groups in total. The number of aromatic nitrogens is 3. The lowest BCUT2D eigenvalue weighted by atomic mass is 10.1. The van der Waals surface area contributed by atoms with Gasteiger partial charge in [0.15, 0.2) is 0 Å². The summed E-state index contributed by atoms with van der Waals surface area (Å²) >= 11 is 0. The van der Waals surface area contributed by atoms with E-state index in [1.807, 2.05) is 0 Å². The summed E-state index contributed by atoms with van der Waals surface area (Å²) in [6, 6.07) is 6.26. The van der Waals surface area contributed by atoms with E-state index in [1.54, 1.807) is 32.2 Å². The molecule has 19 heavy (non-hydrogen) atoms. The standard InChI is InChI=1S/C11H15N5O2S/c1-8(12)9-4-3-5-10(6-9)19(17,18)15-11-13-7-14-16(11)2/h3-8H,12H2,1-2H3,(H,13,14,15). The van der Waals surface area contributed by atoms with E-state index >= 15 is 0 Å². The van der Waals surface area contributed by atoms with E-state index in [0.717, 1.165) is 5.56 Å². The van der Waals surface area contributed by atoms with Crippen molar-refractivity contribution in [3.8, 4) is 0 Å². The van der Waals surface area contributed by atoms with Gasteiger partial charge in [-0.3, -0.25) is 0 Å². The summed E-state index contributed by atoms with van der Waals surface area (Å²) in [5.41, 5.74) is 6.50. The van der Waals surface area contributed by atoms with Crippen LogP contribution in [-0.4, -0.2) is 23.2 Å².